The molecular formula is C49H73N3O12. The quantitative estimate of drug-likeness (QED) is 0.139. The minimum Gasteiger partial charge on any atom is -0.456 e. The van der Waals surface area contributed by atoms with Crippen molar-refractivity contribution in [3.05, 3.63) is 47.7 Å². The van der Waals surface area contributed by atoms with E-state index in [-0.39, 0.29) is 62.0 Å². The molecule has 0 radical (unpaired) electrons. The zero-order valence-corrected chi connectivity index (χ0v) is 39.0. The van der Waals surface area contributed by atoms with Crippen molar-refractivity contribution in [2.75, 3.05) is 33.2 Å². The number of ketones is 2. The van der Waals surface area contributed by atoms with E-state index in [1.165, 1.54) is 12.0 Å². The van der Waals surface area contributed by atoms with Gasteiger partial charge in [0.15, 0.2) is 0 Å². The normalized spacial score (nSPS) is 35.3. The van der Waals surface area contributed by atoms with Gasteiger partial charge in [0.05, 0.1) is 30.5 Å². The van der Waals surface area contributed by atoms with Crippen molar-refractivity contribution in [2.24, 2.45) is 23.7 Å². The van der Waals surface area contributed by atoms with Crippen molar-refractivity contribution in [2.45, 2.75) is 172 Å². The van der Waals surface area contributed by atoms with Crippen LogP contribution in [0.1, 0.15) is 124 Å². The third-order valence-corrected chi connectivity index (χ3v) is 13.9. The largest absolute Gasteiger partial charge is 0.456 e. The van der Waals surface area contributed by atoms with Crippen LogP contribution in [0.25, 0.3) is 0 Å². The summed E-state index contributed by atoms with van der Waals surface area (Å²) in [4.78, 5) is 75.5. The first-order valence-electron chi connectivity index (χ1n) is 23.4. The number of cyclic esters (lactones) is 1. The fraction of sp³-hybridized carbons (Fsp3) is 0.714. The van der Waals surface area contributed by atoms with Crippen molar-refractivity contribution in [3.8, 4) is 0 Å². The van der Waals surface area contributed by atoms with Gasteiger partial charge in [-0.3, -0.25) is 19.2 Å². The van der Waals surface area contributed by atoms with E-state index in [1.807, 2.05) is 19.9 Å². The van der Waals surface area contributed by atoms with Crippen molar-refractivity contribution in [1.82, 2.24) is 9.88 Å². The number of piperidine rings is 1. The molecule has 2 amide bonds. The summed E-state index contributed by atoms with van der Waals surface area (Å²) in [5, 5.41) is 26.7. The van der Waals surface area contributed by atoms with E-state index < -0.39 is 71.7 Å². The Morgan fingerprint density at radius 2 is 1.73 bits per heavy atom. The predicted molar refractivity (Wildman–Crippen MR) is 239 cm³/mol. The highest BCUT2D eigenvalue weighted by atomic mass is 16.7. The average Bonchev–Trinajstić information content (AvgIpc) is 3.29. The maximum absolute atomic E-state index is 14.4. The van der Waals surface area contributed by atoms with E-state index in [2.05, 4.69) is 16.4 Å². The monoisotopic (exact) mass is 896 g/mol. The third kappa shape index (κ3) is 13.4. The number of nitrogens with one attached hydrogen (secondary N) is 1. The Morgan fingerprint density at radius 1 is 0.969 bits per heavy atom. The van der Waals surface area contributed by atoms with Crippen LogP contribution in [0.4, 0.5) is 5.82 Å². The molecule has 2 bridgehead atoms. The average molecular weight is 896 g/mol. The molecule has 64 heavy (non-hydrogen) atoms. The molecule has 0 aromatic carbocycles. The number of anilines is 1. The second-order valence-corrected chi connectivity index (χ2v) is 18.7. The summed E-state index contributed by atoms with van der Waals surface area (Å²) in [6.07, 6.45) is 8.85. The Kier molecular flexibility index (Phi) is 19.2. The van der Waals surface area contributed by atoms with Gasteiger partial charge < -0.3 is 44.1 Å². The highest BCUT2D eigenvalue weighted by molar-refractivity contribution is 6.39. The molecule has 0 spiro atoms. The molecule has 5 rings (SSSR count). The maximum Gasteiger partial charge on any atom is 0.329 e. The lowest BCUT2D eigenvalue weighted by Crippen LogP contribution is -2.63. The summed E-state index contributed by atoms with van der Waals surface area (Å²) in [6.45, 7) is 7.25. The first-order chi connectivity index (χ1) is 30.6. The van der Waals surface area contributed by atoms with Crippen LogP contribution in [0, 0.1) is 23.7 Å². The Morgan fingerprint density at radius 3 is 2.44 bits per heavy atom. The number of carbonyl (C=O) groups is 5. The van der Waals surface area contributed by atoms with Crippen LogP contribution < -0.4 is 5.32 Å². The van der Waals surface area contributed by atoms with Crippen molar-refractivity contribution in [3.63, 3.8) is 0 Å². The first kappa shape index (κ1) is 51.1. The molecule has 1 aliphatic carbocycles. The van der Waals surface area contributed by atoms with E-state index >= 15 is 0 Å². The molecule has 1 saturated carbocycles. The second-order valence-electron chi connectivity index (χ2n) is 18.7. The van der Waals surface area contributed by atoms with E-state index in [4.69, 9.17) is 23.7 Å². The van der Waals surface area contributed by atoms with Gasteiger partial charge in [-0.15, -0.1) is 0 Å². The van der Waals surface area contributed by atoms with Gasteiger partial charge >= 0.3 is 5.97 Å². The summed E-state index contributed by atoms with van der Waals surface area (Å²) < 4.78 is 29.9. The number of hydrogen-bond acceptors (Lipinski definition) is 13. The Bertz CT molecular complexity index is 1810. The molecule has 0 unspecified atom stereocenters. The zero-order valence-electron chi connectivity index (χ0n) is 39.0. The fourth-order valence-electron chi connectivity index (χ4n) is 10.0. The molecule has 15 nitrogen and oxygen atoms in total. The summed E-state index contributed by atoms with van der Waals surface area (Å²) in [7, 11) is 4.82. The molecular weight excluding hydrogens is 823 g/mol. The number of fused-ring (bicyclic) bond motifs is 3. The van der Waals surface area contributed by atoms with E-state index in [0.717, 1.165) is 31.3 Å². The lowest BCUT2D eigenvalue weighted by Gasteiger charge is -2.45. The molecule has 12 atom stereocenters. The number of allylic oxidation sites excluding steroid dienone is 2. The maximum atomic E-state index is 14.4. The zero-order chi connectivity index (χ0) is 46.6. The molecule has 356 valence electrons. The van der Waals surface area contributed by atoms with Gasteiger partial charge in [-0.2, -0.15) is 0 Å². The smallest absolute Gasteiger partial charge is 0.329 e. The van der Waals surface area contributed by atoms with Crippen molar-refractivity contribution in [1.29, 1.82) is 0 Å². The number of aromatic nitrogens is 1. The number of aliphatic hydroxyl groups excluding tert-OH is 1. The van der Waals surface area contributed by atoms with Gasteiger partial charge in [0.1, 0.15) is 23.7 Å². The summed E-state index contributed by atoms with van der Waals surface area (Å²) in [5.41, 5.74) is 1.56. The highest BCUT2D eigenvalue weighted by Gasteiger charge is 2.55. The van der Waals surface area contributed by atoms with E-state index in [1.54, 1.807) is 52.5 Å². The summed E-state index contributed by atoms with van der Waals surface area (Å²) in [5.74, 6) is -7.48. The fourth-order valence-corrected chi connectivity index (χ4v) is 10.0. The predicted octanol–water partition coefficient (Wildman–Crippen LogP) is 6.05. The molecule has 1 aromatic heterocycles. The molecule has 4 aliphatic rings. The first-order valence-corrected chi connectivity index (χ1v) is 23.4. The number of methoxy groups -OCH3 is 3. The number of rotatable bonds is 10. The van der Waals surface area contributed by atoms with Gasteiger partial charge in [-0.1, -0.05) is 44.1 Å². The molecule has 4 heterocycles. The standard InChI is InChI=1S/C49H73N3O12/c1-30-24-35(15-13-19-44(55)51-43-18-8-10-22-50-43)40(54)29-39(53)33(4)45(31(2)26-34-14-12-16-36(28-34)60-5)63-48(58)38-17-9-11-23-52(38)47(57)46(56)49(59)32(3)27-42(62-7)41(64-49)21-20-37(25-30)61-6/h8,10,18,22,24,26,32-39,41-42,45,53,59H,9,11-17,19-21,23,25,27-29H2,1-7H3,(H,50,51,55)/b30-24+,31-26+/t32-,33-,34+,35-,36+,37-,38+,39+,41-,42+,45-,49-/m1/s1. The Labute approximate surface area is 379 Å². The number of amides is 2. The van der Waals surface area contributed by atoms with Gasteiger partial charge in [0.25, 0.3) is 11.7 Å². The number of carbonyl (C=O) groups excluding carboxylic acids is 5. The minimum absolute atomic E-state index is 0.0865. The lowest BCUT2D eigenvalue weighted by atomic mass is 9.82. The van der Waals surface area contributed by atoms with Gasteiger partial charge in [-0.25, -0.2) is 9.78 Å². The van der Waals surface area contributed by atoms with Crippen LogP contribution in [0.2, 0.25) is 0 Å². The molecule has 1 aromatic rings. The molecule has 15 heteroatoms. The number of nitrogens with zero attached hydrogens (tertiary/aromatic N) is 2. The van der Waals surface area contributed by atoms with Crippen LogP contribution in [-0.4, -0.2) is 126 Å². The summed E-state index contributed by atoms with van der Waals surface area (Å²) >= 11 is 0. The minimum atomic E-state index is -2.47. The highest BCUT2D eigenvalue weighted by Crippen LogP contribution is 2.38. The van der Waals surface area contributed by atoms with Crippen LogP contribution in [0.3, 0.4) is 0 Å². The van der Waals surface area contributed by atoms with E-state index in [0.29, 0.717) is 56.3 Å². The number of esters is 1. The van der Waals surface area contributed by atoms with Gasteiger partial charge in [-0.05, 0) is 115 Å². The van der Waals surface area contributed by atoms with Gasteiger partial charge in [0, 0.05) is 64.7 Å². The van der Waals surface area contributed by atoms with Crippen LogP contribution in [0.5, 0.6) is 0 Å². The van der Waals surface area contributed by atoms with Crippen LogP contribution in [-0.2, 0) is 47.7 Å². The third-order valence-electron chi connectivity index (χ3n) is 13.9. The Balaban J connectivity index is 1.49. The molecule has 2 saturated heterocycles. The number of pyridine rings is 1. The van der Waals surface area contributed by atoms with Crippen molar-refractivity contribution >= 4 is 35.2 Å². The topological polar surface area (TPSA) is 200 Å². The lowest BCUT2D eigenvalue weighted by molar-refractivity contribution is -0.287. The molecule has 3 aliphatic heterocycles. The summed E-state index contributed by atoms with van der Waals surface area (Å²) in [6, 6.07) is 4.11. The number of hydrogen-bond donors (Lipinski definition) is 3. The van der Waals surface area contributed by atoms with Gasteiger partial charge in [0.2, 0.25) is 11.7 Å². The molecule has 3 fully saturated rings. The van der Waals surface area contributed by atoms with E-state index in [9.17, 15) is 34.2 Å². The van der Waals surface area contributed by atoms with Crippen molar-refractivity contribution < 1.29 is 57.9 Å². The number of aliphatic hydroxyl groups is 2. The van der Waals surface area contributed by atoms with Crippen LogP contribution in [0.15, 0.2) is 47.7 Å². The second kappa shape index (κ2) is 24.1. The SMILES string of the molecule is CO[C@@H]1CC[C@H]2O[C@@](O)(C(=O)C(=O)N3CCCC[C@H]3C(=O)O[C@H](/C(C)=C/[C@@H]3CCC[C@H](OC)C3)[C@H](C)[C@@H](O)CC(=O)[C@H](CCCC(=O)Nc3ccccn3)/C=C(\C)C1)[C@H](C)C[C@@H]2OC. The number of Topliss-reactive ketones (excluding diaryl/α,β-unsaturated/α-hetero) is 2. The Hall–Kier alpha value is -3.86. The van der Waals surface area contributed by atoms with Crippen LogP contribution >= 0.6 is 0 Å². The molecule has 3 N–H and O–H groups in total. The number of ether oxygens (including phenoxy) is 5.